The molecule has 2 heterocycles. The third-order valence-electron chi connectivity index (χ3n) is 8.46. The number of piperidine rings is 2. The number of hydrogen-bond donors (Lipinski definition) is 1. The maximum Gasteiger partial charge on any atom is 0.137 e. The second kappa shape index (κ2) is 22.3. The van der Waals surface area contributed by atoms with Crippen LogP contribution in [0.25, 0.3) is 0 Å². The summed E-state index contributed by atoms with van der Waals surface area (Å²) >= 11 is 15.2. The summed E-state index contributed by atoms with van der Waals surface area (Å²) in [4.78, 5) is 2.42. The lowest BCUT2D eigenvalue weighted by Crippen LogP contribution is -2.47. The third kappa shape index (κ3) is 14.9. The summed E-state index contributed by atoms with van der Waals surface area (Å²) in [6.45, 7) is 10.8. The van der Waals surface area contributed by atoms with E-state index < -0.39 is 0 Å². The molecule has 50 heavy (non-hydrogen) atoms. The number of ether oxygens (including phenoxy) is 4. The molecule has 0 unspecified atom stereocenters. The van der Waals surface area contributed by atoms with Crippen LogP contribution in [0, 0.1) is 0 Å². The summed E-state index contributed by atoms with van der Waals surface area (Å²) in [5, 5.41) is 5.49. The van der Waals surface area contributed by atoms with Crippen LogP contribution in [-0.2, 0) is 0 Å². The molecule has 2 saturated heterocycles. The first-order valence-corrected chi connectivity index (χ1v) is 18.9. The highest BCUT2D eigenvalue weighted by Gasteiger charge is 2.32. The lowest BCUT2D eigenvalue weighted by molar-refractivity contribution is 0.0135. The van der Waals surface area contributed by atoms with Gasteiger partial charge < -0.3 is 24.3 Å². The average molecular weight is 809 g/mol. The Hall–Kier alpha value is -2.65. The predicted octanol–water partition coefficient (Wildman–Crippen LogP) is 10.4. The van der Waals surface area contributed by atoms with Crippen molar-refractivity contribution in [1.82, 2.24) is 10.2 Å². The van der Waals surface area contributed by atoms with Gasteiger partial charge in [-0.25, -0.2) is 0 Å². The first kappa shape index (κ1) is 41.8. The third-order valence-corrected chi connectivity index (χ3v) is 9.41. The van der Waals surface area contributed by atoms with Gasteiger partial charge in [0.25, 0.3) is 0 Å². The second-order valence-electron chi connectivity index (χ2n) is 12.6. The van der Waals surface area contributed by atoms with Gasteiger partial charge in [0.15, 0.2) is 0 Å². The van der Waals surface area contributed by atoms with Gasteiger partial charge >= 0.3 is 0 Å². The lowest BCUT2D eigenvalue weighted by Gasteiger charge is -2.39. The Morgan fingerprint density at radius 2 is 1.04 bits per heavy atom. The molecule has 0 spiro atoms. The van der Waals surface area contributed by atoms with Gasteiger partial charge in [0.05, 0.1) is 16.7 Å². The molecule has 4 aromatic rings. The van der Waals surface area contributed by atoms with E-state index in [0.717, 1.165) is 86.7 Å². The number of hydrogen-bond acceptors (Lipinski definition) is 6. The SMILES string of the molecule is CC1(Oc2ccccc2)CCN(CCOc2ccccc2Cl)CC1.CC1(Oc2ccccc2)CCNCC1.Cl.Clc1ccccc1OCCBr. The Bertz CT molecular complexity index is 1490. The predicted molar refractivity (Wildman–Crippen MR) is 214 cm³/mol. The molecular weight excluding hydrogens is 759 g/mol. The van der Waals surface area contributed by atoms with Crippen LogP contribution in [0.1, 0.15) is 39.5 Å². The zero-order valence-electron chi connectivity index (χ0n) is 29.0. The molecule has 2 aliphatic heterocycles. The van der Waals surface area contributed by atoms with Crippen molar-refractivity contribution in [3.63, 3.8) is 0 Å². The number of rotatable bonds is 11. The van der Waals surface area contributed by atoms with E-state index in [1.165, 1.54) is 0 Å². The van der Waals surface area contributed by atoms with Crippen LogP contribution in [0.4, 0.5) is 0 Å². The van der Waals surface area contributed by atoms with Crippen molar-refractivity contribution in [2.24, 2.45) is 0 Å². The maximum absolute atomic E-state index is 6.21. The maximum atomic E-state index is 6.21. The highest BCUT2D eigenvalue weighted by molar-refractivity contribution is 9.09. The molecular formula is C40H50BrCl3N2O4. The van der Waals surface area contributed by atoms with Gasteiger partial charge in [-0.05, 0) is 101 Å². The van der Waals surface area contributed by atoms with E-state index in [0.29, 0.717) is 23.3 Å². The first-order chi connectivity index (χ1) is 23.8. The second-order valence-corrected chi connectivity index (χ2v) is 14.2. The van der Waals surface area contributed by atoms with Gasteiger partial charge in [-0.1, -0.05) is 99.8 Å². The highest BCUT2D eigenvalue weighted by Crippen LogP contribution is 2.29. The van der Waals surface area contributed by atoms with Crippen LogP contribution in [0.3, 0.4) is 0 Å². The van der Waals surface area contributed by atoms with Gasteiger partial charge in [0, 0.05) is 25.0 Å². The minimum absolute atomic E-state index is 0. The molecule has 4 aromatic carbocycles. The van der Waals surface area contributed by atoms with Crippen LogP contribution >= 0.6 is 51.5 Å². The van der Waals surface area contributed by atoms with Gasteiger partial charge in [0.1, 0.15) is 40.8 Å². The summed E-state index contributed by atoms with van der Waals surface area (Å²) in [7, 11) is 0. The zero-order valence-corrected chi connectivity index (χ0v) is 32.9. The van der Waals surface area contributed by atoms with Crippen molar-refractivity contribution < 1.29 is 18.9 Å². The lowest BCUT2D eigenvalue weighted by atomic mass is 9.93. The molecule has 0 aliphatic carbocycles. The van der Waals surface area contributed by atoms with E-state index in [1.54, 1.807) is 0 Å². The molecule has 0 bridgehead atoms. The molecule has 0 aromatic heterocycles. The molecule has 0 amide bonds. The summed E-state index contributed by atoms with van der Waals surface area (Å²) < 4.78 is 23.3. The van der Waals surface area contributed by atoms with E-state index >= 15 is 0 Å². The summed E-state index contributed by atoms with van der Waals surface area (Å²) in [6, 6.07) is 35.2. The van der Waals surface area contributed by atoms with Gasteiger partial charge in [-0.2, -0.15) is 0 Å². The molecule has 2 fully saturated rings. The van der Waals surface area contributed by atoms with E-state index in [9.17, 15) is 0 Å². The Kier molecular flexibility index (Phi) is 18.6. The first-order valence-electron chi connectivity index (χ1n) is 17.0. The molecule has 10 heteroatoms. The van der Waals surface area contributed by atoms with Crippen LogP contribution in [0.5, 0.6) is 23.0 Å². The summed E-state index contributed by atoms with van der Waals surface area (Å²) in [5.74, 6) is 3.44. The molecule has 0 radical (unpaired) electrons. The van der Waals surface area contributed by atoms with E-state index in [4.69, 9.17) is 42.1 Å². The van der Waals surface area contributed by atoms with Gasteiger partial charge in [0.2, 0.25) is 0 Å². The normalized spacial score (nSPS) is 16.2. The van der Waals surface area contributed by atoms with E-state index in [1.807, 2.05) is 109 Å². The van der Waals surface area contributed by atoms with Crippen molar-refractivity contribution in [2.45, 2.75) is 50.7 Å². The van der Waals surface area contributed by atoms with Gasteiger partial charge in [-0.3, -0.25) is 4.90 Å². The number of benzene rings is 4. The molecule has 2 aliphatic rings. The highest BCUT2D eigenvalue weighted by atomic mass is 79.9. The summed E-state index contributed by atoms with van der Waals surface area (Å²) in [5.41, 5.74) is -0.0615. The van der Waals surface area contributed by atoms with Crippen molar-refractivity contribution >= 4 is 51.5 Å². The van der Waals surface area contributed by atoms with E-state index in [2.05, 4.69) is 40.0 Å². The molecule has 1 N–H and O–H groups in total. The Morgan fingerprint density at radius 1 is 0.620 bits per heavy atom. The largest absolute Gasteiger partial charge is 0.491 e. The average Bonchev–Trinajstić information content (AvgIpc) is 3.11. The fourth-order valence-corrected chi connectivity index (χ4v) is 6.05. The Morgan fingerprint density at radius 3 is 1.50 bits per heavy atom. The molecule has 272 valence electrons. The molecule has 0 atom stereocenters. The van der Waals surface area contributed by atoms with Crippen molar-refractivity contribution in [1.29, 1.82) is 0 Å². The quantitative estimate of drug-likeness (QED) is 0.152. The number of halogens is 4. The minimum atomic E-state index is -0.0819. The standard InChI is InChI=1S/C20H24ClNO2.C12H17NO.C8H8BrClO.ClH/c1-20(24-17-7-3-2-4-8-17)11-13-22(14-12-20)15-16-23-19-10-6-5-9-18(19)21;1-12(7-9-13-10-8-12)14-11-5-3-2-4-6-11;9-5-6-11-8-4-2-1-3-7(8)10;/h2-10H,11-16H2,1H3;2-6,13H,7-10H2,1H3;1-4H,5-6H2;1H. The monoisotopic (exact) mass is 806 g/mol. The van der Waals surface area contributed by atoms with Crippen molar-refractivity contribution in [3.8, 4) is 23.0 Å². The fourth-order valence-electron chi connectivity index (χ4n) is 5.51. The number of para-hydroxylation sites is 4. The van der Waals surface area contributed by atoms with Crippen LogP contribution in [0.2, 0.25) is 10.0 Å². The Balaban J connectivity index is 0.000000221. The number of nitrogens with one attached hydrogen (secondary N) is 1. The van der Waals surface area contributed by atoms with Crippen LogP contribution < -0.4 is 24.3 Å². The molecule has 0 saturated carbocycles. The number of likely N-dealkylation sites (tertiary alicyclic amines) is 1. The zero-order chi connectivity index (χ0) is 34.8. The molecule has 6 rings (SSSR count). The number of alkyl halides is 1. The topological polar surface area (TPSA) is 52.2 Å². The number of nitrogens with zero attached hydrogens (tertiary/aromatic N) is 1. The summed E-state index contributed by atoms with van der Waals surface area (Å²) in [6.07, 6.45) is 4.21. The van der Waals surface area contributed by atoms with Crippen LogP contribution in [-0.4, -0.2) is 67.4 Å². The minimum Gasteiger partial charge on any atom is -0.491 e. The Labute approximate surface area is 323 Å². The van der Waals surface area contributed by atoms with Crippen molar-refractivity contribution in [3.05, 3.63) is 119 Å². The smallest absolute Gasteiger partial charge is 0.137 e. The van der Waals surface area contributed by atoms with Gasteiger partial charge in [-0.15, -0.1) is 12.4 Å². The van der Waals surface area contributed by atoms with Crippen molar-refractivity contribution in [2.75, 3.05) is 51.3 Å². The van der Waals surface area contributed by atoms with Crippen LogP contribution in [0.15, 0.2) is 109 Å². The van der Waals surface area contributed by atoms with E-state index in [-0.39, 0.29) is 23.6 Å². The fraction of sp³-hybridized carbons (Fsp3) is 0.400. The molecule has 6 nitrogen and oxygen atoms in total.